The normalized spacial score (nSPS) is 11.1. The van der Waals surface area contributed by atoms with Gasteiger partial charge in [-0.2, -0.15) is 0 Å². The SMILES string of the molecule is CN(C)S(=O)(=O)c1cccc(C(=O)NNC(=O)COc2cccc(F)c2)c1. The summed E-state index contributed by atoms with van der Waals surface area (Å²) in [7, 11) is -0.940. The van der Waals surface area contributed by atoms with E-state index in [4.69, 9.17) is 4.74 Å². The van der Waals surface area contributed by atoms with Gasteiger partial charge >= 0.3 is 0 Å². The minimum Gasteiger partial charge on any atom is -0.484 e. The molecule has 0 heterocycles. The Labute approximate surface area is 156 Å². The molecule has 0 bridgehead atoms. The van der Waals surface area contributed by atoms with Gasteiger partial charge in [-0.05, 0) is 30.3 Å². The molecule has 2 amide bonds. The van der Waals surface area contributed by atoms with E-state index >= 15 is 0 Å². The average Bonchev–Trinajstić information content (AvgIpc) is 2.64. The highest BCUT2D eigenvalue weighted by Gasteiger charge is 2.19. The third kappa shape index (κ3) is 5.50. The number of carbonyl (C=O) groups is 2. The summed E-state index contributed by atoms with van der Waals surface area (Å²) in [5.74, 6) is -1.72. The molecular weight excluding hydrogens is 377 g/mol. The maximum atomic E-state index is 13.0. The van der Waals surface area contributed by atoms with Crippen LogP contribution in [-0.2, 0) is 14.8 Å². The Bertz CT molecular complexity index is 947. The second-order valence-electron chi connectivity index (χ2n) is 5.56. The second-order valence-corrected chi connectivity index (χ2v) is 7.72. The molecule has 0 unspecified atom stereocenters. The van der Waals surface area contributed by atoms with Crippen LogP contribution in [-0.4, -0.2) is 45.2 Å². The fraction of sp³-hybridized carbons (Fsp3) is 0.176. The van der Waals surface area contributed by atoms with Crippen LogP contribution in [0.25, 0.3) is 0 Å². The van der Waals surface area contributed by atoms with E-state index in [2.05, 4.69) is 10.9 Å². The third-order valence-corrected chi connectivity index (χ3v) is 5.17. The lowest BCUT2D eigenvalue weighted by Gasteiger charge is -2.12. The molecule has 144 valence electrons. The number of hydrazine groups is 1. The van der Waals surface area contributed by atoms with E-state index in [0.29, 0.717) is 0 Å². The Kier molecular flexibility index (Phi) is 6.48. The van der Waals surface area contributed by atoms with Crippen LogP contribution in [0.1, 0.15) is 10.4 Å². The van der Waals surface area contributed by atoms with Gasteiger partial charge in [-0.3, -0.25) is 20.4 Å². The molecule has 0 fully saturated rings. The van der Waals surface area contributed by atoms with Gasteiger partial charge in [0.2, 0.25) is 10.0 Å². The van der Waals surface area contributed by atoms with Crippen LogP contribution in [0, 0.1) is 5.82 Å². The zero-order chi connectivity index (χ0) is 20.0. The molecule has 27 heavy (non-hydrogen) atoms. The first-order valence-corrected chi connectivity index (χ1v) is 9.14. The van der Waals surface area contributed by atoms with Crippen molar-refractivity contribution in [3.05, 3.63) is 59.9 Å². The molecule has 0 aliphatic carbocycles. The fourth-order valence-corrected chi connectivity index (χ4v) is 2.90. The first-order valence-electron chi connectivity index (χ1n) is 7.70. The van der Waals surface area contributed by atoms with Crippen molar-refractivity contribution in [1.29, 1.82) is 0 Å². The van der Waals surface area contributed by atoms with Crippen molar-refractivity contribution in [2.75, 3.05) is 20.7 Å². The lowest BCUT2D eigenvalue weighted by Crippen LogP contribution is -2.43. The number of hydrogen-bond donors (Lipinski definition) is 2. The molecule has 0 saturated heterocycles. The summed E-state index contributed by atoms with van der Waals surface area (Å²) in [5.41, 5.74) is 4.33. The van der Waals surface area contributed by atoms with Crippen molar-refractivity contribution in [2.24, 2.45) is 0 Å². The number of nitrogens with one attached hydrogen (secondary N) is 2. The third-order valence-electron chi connectivity index (χ3n) is 3.36. The van der Waals surface area contributed by atoms with E-state index in [-0.39, 0.29) is 16.2 Å². The first-order chi connectivity index (χ1) is 12.7. The van der Waals surface area contributed by atoms with Crippen LogP contribution in [0.3, 0.4) is 0 Å². The predicted molar refractivity (Wildman–Crippen MR) is 94.8 cm³/mol. The largest absolute Gasteiger partial charge is 0.484 e. The van der Waals surface area contributed by atoms with Crippen molar-refractivity contribution in [2.45, 2.75) is 4.90 Å². The van der Waals surface area contributed by atoms with Gasteiger partial charge in [-0.1, -0.05) is 12.1 Å². The number of sulfonamides is 1. The summed E-state index contributed by atoms with van der Waals surface area (Å²) in [6.07, 6.45) is 0. The maximum Gasteiger partial charge on any atom is 0.276 e. The highest BCUT2D eigenvalue weighted by atomic mass is 32.2. The molecule has 0 aliphatic rings. The number of benzene rings is 2. The zero-order valence-electron chi connectivity index (χ0n) is 14.6. The summed E-state index contributed by atoms with van der Waals surface area (Å²) >= 11 is 0. The summed E-state index contributed by atoms with van der Waals surface area (Å²) in [4.78, 5) is 23.7. The Hall–Kier alpha value is -2.98. The van der Waals surface area contributed by atoms with Crippen LogP contribution < -0.4 is 15.6 Å². The van der Waals surface area contributed by atoms with Crippen molar-refractivity contribution in [3.63, 3.8) is 0 Å². The lowest BCUT2D eigenvalue weighted by molar-refractivity contribution is -0.123. The Morgan fingerprint density at radius 2 is 1.78 bits per heavy atom. The topological polar surface area (TPSA) is 105 Å². The molecule has 8 nitrogen and oxygen atoms in total. The first kappa shape index (κ1) is 20.3. The highest BCUT2D eigenvalue weighted by molar-refractivity contribution is 7.89. The average molecular weight is 395 g/mol. The van der Waals surface area contributed by atoms with E-state index in [1.807, 2.05) is 0 Å². The number of ether oxygens (including phenoxy) is 1. The van der Waals surface area contributed by atoms with E-state index in [1.54, 1.807) is 0 Å². The van der Waals surface area contributed by atoms with Crippen LogP contribution in [0.2, 0.25) is 0 Å². The lowest BCUT2D eigenvalue weighted by atomic mass is 10.2. The van der Waals surface area contributed by atoms with Crippen LogP contribution >= 0.6 is 0 Å². The van der Waals surface area contributed by atoms with Gasteiger partial charge in [0.1, 0.15) is 11.6 Å². The Balaban J connectivity index is 1.93. The van der Waals surface area contributed by atoms with Crippen molar-refractivity contribution in [1.82, 2.24) is 15.2 Å². The quantitative estimate of drug-likeness (QED) is 0.708. The standard InChI is InChI=1S/C17H18FN3O5S/c1-21(2)27(24,25)15-8-3-5-12(9-15)17(23)20-19-16(22)11-26-14-7-4-6-13(18)10-14/h3-10H,11H2,1-2H3,(H,19,22)(H,20,23). The van der Waals surface area contributed by atoms with Crippen molar-refractivity contribution in [3.8, 4) is 5.75 Å². The monoisotopic (exact) mass is 395 g/mol. The van der Waals surface area contributed by atoms with Gasteiger partial charge in [0.25, 0.3) is 11.8 Å². The summed E-state index contributed by atoms with van der Waals surface area (Å²) in [6.45, 7) is -0.446. The minimum atomic E-state index is -3.69. The van der Waals surface area contributed by atoms with Gasteiger partial charge in [-0.25, -0.2) is 17.1 Å². The van der Waals surface area contributed by atoms with Gasteiger partial charge in [0.15, 0.2) is 6.61 Å². The Morgan fingerprint density at radius 3 is 2.44 bits per heavy atom. The number of rotatable bonds is 6. The van der Waals surface area contributed by atoms with Crippen LogP contribution in [0.5, 0.6) is 5.75 Å². The van der Waals surface area contributed by atoms with E-state index in [9.17, 15) is 22.4 Å². The molecule has 2 aromatic rings. The van der Waals surface area contributed by atoms with Crippen molar-refractivity contribution < 1.29 is 27.1 Å². The molecule has 10 heteroatoms. The molecule has 2 N–H and O–H groups in total. The smallest absolute Gasteiger partial charge is 0.276 e. The number of carbonyl (C=O) groups excluding carboxylic acids is 2. The number of hydrogen-bond acceptors (Lipinski definition) is 5. The predicted octanol–water partition coefficient (Wildman–Crippen LogP) is 0.916. The van der Waals surface area contributed by atoms with Gasteiger partial charge in [0, 0.05) is 25.7 Å². The summed E-state index contributed by atoms with van der Waals surface area (Å²) < 4.78 is 43.3. The zero-order valence-corrected chi connectivity index (χ0v) is 15.4. The van der Waals surface area contributed by atoms with E-state index < -0.39 is 34.3 Å². The Morgan fingerprint density at radius 1 is 1.07 bits per heavy atom. The maximum absolute atomic E-state index is 13.0. The summed E-state index contributed by atoms with van der Waals surface area (Å²) in [5, 5.41) is 0. The molecule has 2 aromatic carbocycles. The van der Waals surface area contributed by atoms with Gasteiger partial charge < -0.3 is 4.74 Å². The molecule has 0 saturated carbocycles. The molecular formula is C17H18FN3O5S. The molecule has 0 aliphatic heterocycles. The molecule has 0 atom stereocenters. The molecule has 2 rings (SSSR count). The second kappa shape index (κ2) is 8.60. The van der Waals surface area contributed by atoms with Crippen molar-refractivity contribution >= 4 is 21.8 Å². The van der Waals surface area contributed by atoms with Gasteiger partial charge in [-0.15, -0.1) is 0 Å². The summed E-state index contributed by atoms with van der Waals surface area (Å²) in [6, 6.07) is 10.6. The number of nitrogens with zero attached hydrogens (tertiary/aromatic N) is 1. The van der Waals surface area contributed by atoms with Crippen LogP contribution in [0.4, 0.5) is 4.39 Å². The van der Waals surface area contributed by atoms with Gasteiger partial charge in [0.05, 0.1) is 4.90 Å². The number of amides is 2. The fourth-order valence-electron chi connectivity index (χ4n) is 1.95. The number of halogens is 1. The molecule has 0 radical (unpaired) electrons. The highest BCUT2D eigenvalue weighted by Crippen LogP contribution is 2.15. The van der Waals surface area contributed by atoms with E-state index in [1.165, 1.54) is 56.6 Å². The van der Waals surface area contributed by atoms with Crippen LogP contribution in [0.15, 0.2) is 53.4 Å². The molecule has 0 spiro atoms. The minimum absolute atomic E-state index is 0.0456. The van der Waals surface area contributed by atoms with E-state index in [0.717, 1.165) is 10.4 Å². The molecule has 0 aromatic heterocycles.